The molecule has 4 rings (SSSR count). The molecule has 4 heteroatoms. The Hall–Kier alpha value is -3.79. The zero-order chi connectivity index (χ0) is 21.6. The molecule has 3 aromatic carbocycles. The Morgan fingerprint density at radius 2 is 1.42 bits per heavy atom. The lowest BCUT2D eigenvalue weighted by Gasteiger charge is -2.26. The van der Waals surface area contributed by atoms with Crippen molar-refractivity contribution in [1.29, 1.82) is 0 Å². The molecule has 4 aromatic rings. The molecule has 0 unspecified atom stereocenters. The van der Waals surface area contributed by atoms with E-state index >= 15 is 0 Å². The van der Waals surface area contributed by atoms with E-state index in [9.17, 15) is 4.79 Å². The lowest BCUT2D eigenvalue weighted by atomic mass is 10.1. The van der Waals surface area contributed by atoms with Crippen LogP contribution in [-0.2, 0) is 13.1 Å². The summed E-state index contributed by atoms with van der Waals surface area (Å²) in [7, 11) is 1.66. The molecule has 1 amide bonds. The van der Waals surface area contributed by atoms with Gasteiger partial charge >= 0.3 is 0 Å². The number of nitrogens with zero attached hydrogens (tertiary/aromatic N) is 2. The second-order valence-electron chi connectivity index (χ2n) is 7.51. The molecule has 0 aliphatic rings. The quantitative estimate of drug-likeness (QED) is 0.395. The van der Waals surface area contributed by atoms with Crippen LogP contribution in [0.5, 0.6) is 5.75 Å². The Labute approximate surface area is 183 Å². The van der Waals surface area contributed by atoms with E-state index < -0.39 is 0 Å². The number of benzene rings is 3. The molecule has 0 spiro atoms. The van der Waals surface area contributed by atoms with Crippen molar-refractivity contribution in [3.05, 3.63) is 120 Å². The van der Waals surface area contributed by atoms with Crippen molar-refractivity contribution in [2.24, 2.45) is 0 Å². The van der Waals surface area contributed by atoms with Gasteiger partial charge in [-0.2, -0.15) is 0 Å². The van der Waals surface area contributed by atoms with E-state index in [2.05, 4.69) is 19.1 Å². The third-order valence-corrected chi connectivity index (χ3v) is 5.48. The Bertz CT molecular complexity index is 1170. The van der Waals surface area contributed by atoms with Crippen LogP contribution >= 0.6 is 0 Å². The van der Waals surface area contributed by atoms with Crippen LogP contribution in [0.25, 0.3) is 5.69 Å². The lowest BCUT2D eigenvalue weighted by molar-refractivity contribution is 0.0728. The molecule has 0 saturated carbocycles. The van der Waals surface area contributed by atoms with E-state index in [0.717, 1.165) is 22.6 Å². The maximum Gasteiger partial charge on any atom is 0.256 e. The SMILES string of the molecule is COc1ccccc1CN(Cc1ccccc1C)C(=O)c1ccccc1-n1cccc1. The monoisotopic (exact) mass is 410 g/mol. The van der Waals surface area contributed by atoms with Gasteiger partial charge in [0.25, 0.3) is 5.91 Å². The topological polar surface area (TPSA) is 34.5 Å². The molecule has 4 nitrogen and oxygen atoms in total. The first-order valence-corrected chi connectivity index (χ1v) is 10.4. The van der Waals surface area contributed by atoms with E-state index in [0.29, 0.717) is 18.7 Å². The van der Waals surface area contributed by atoms with E-state index in [1.165, 1.54) is 5.56 Å². The Kier molecular flexibility index (Phi) is 6.18. The number of aryl methyl sites for hydroxylation is 1. The van der Waals surface area contributed by atoms with Crippen LogP contribution in [0.15, 0.2) is 97.3 Å². The van der Waals surface area contributed by atoms with E-state index in [4.69, 9.17) is 4.74 Å². The van der Waals surface area contributed by atoms with Gasteiger partial charge in [0.2, 0.25) is 0 Å². The smallest absolute Gasteiger partial charge is 0.256 e. The van der Waals surface area contributed by atoms with E-state index in [1.807, 2.05) is 94.7 Å². The maximum atomic E-state index is 13.9. The van der Waals surface area contributed by atoms with Gasteiger partial charge < -0.3 is 14.2 Å². The van der Waals surface area contributed by atoms with Gasteiger partial charge in [0.05, 0.1) is 18.4 Å². The summed E-state index contributed by atoms with van der Waals surface area (Å²) in [6, 6.07) is 27.7. The molecule has 0 radical (unpaired) electrons. The van der Waals surface area contributed by atoms with E-state index in [1.54, 1.807) is 7.11 Å². The molecule has 0 bridgehead atoms. The molecule has 0 aliphatic heterocycles. The van der Waals surface area contributed by atoms with Crippen LogP contribution in [0.4, 0.5) is 0 Å². The summed E-state index contributed by atoms with van der Waals surface area (Å²) in [5, 5.41) is 0. The van der Waals surface area contributed by atoms with Gasteiger partial charge in [-0.15, -0.1) is 0 Å². The summed E-state index contributed by atoms with van der Waals surface area (Å²) in [6.07, 6.45) is 3.91. The first-order chi connectivity index (χ1) is 15.2. The fraction of sp³-hybridized carbons (Fsp3) is 0.148. The molecule has 31 heavy (non-hydrogen) atoms. The normalized spacial score (nSPS) is 10.6. The third kappa shape index (κ3) is 4.53. The summed E-state index contributed by atoms with van der Waals surface area (Å²) in [5.74, 6) is 0.766. The molecule has 156 valence electrons. The van der Waals surface area contributed by atoms with Crippen molar-refractivity contribution in [3.8, 4) is 11.4 Å². The minimum absolute atomic E-state index is 0.0153. The fourth-order valence-corrected chi connectivity index (χ4v) is 3.78. The number of carbonyl (C=O) groups is 1. The standard InChI is InChI=1S/C27H26N2O2/c1-21-11-3-4-12-22(21)19-29(20-23-13-5-8-16-26(23)31-2)27(30)24-14-6-7-15-25(24)28-17-9-10-18-28/h3-18H,19-20H2,1-2H3. The lowest BCUT2D eigenvalue weighted by Crippen LogP contribution is -2.31. The van der Waals surface area contributed by atoms with Crippen LogP contribution in [0.3, 0.4) is 0 Å². The largest absolute Gasteiger partial charge is 0.496 e. The number of para-hydroxylation sites is 2. The van der Waals surface area contributed by atoms with Crippen molar-refractivity contribution < 1.29 is 9.53 Å². The van der Waals surface area contributed by atoms with Crippen molar-refractivity contribution in [3.63, 3.8) is 0 Å². The molecule has 0 fully saturated rings. The highest BCUT2D eigenvalue weighted by atomic mass is 16.5. The molecular formula is C27H26N2O2. The Morgan fingerprint density at radius 3 is 2.16 bits per heavy atom. The first-order valence-electron chi connectivity index (χ1n) is 10.4. The number of ether oxygens (including phenoxy) is 1. The highest BCUT2D eigenvalue weighted by molar-refractivity contribution is 5.97. The van der Waals surface area contributed by atoms with Gasteiger partial charge in [-0.25, -0.2) is 0 Å². The Morgan fingerprint density at radius 1 is 0.806 bits per heavy atom. The number of hydrogen-bond acceptors (Lipinski definition) is 2. The van der Waals surface area contributed by atoms with Crippen LogP contribution in [0.2, 0.25) is 0 Å². The predicted molar refractivity (Wildman–Crippen MR) is 124 cm³/mol. The highest BCUT2D eigenvalue weighted by Crippen LogP contribution is 2.24. The number of hydrogen-bond donors (Lipinski definition) is 0. The second kappa shape index (κ2) is 9.35. The predicted octanol–water partition coefficient (Wildman–Crippen LogP) is 5.64. The van der Waals surface area contributed by atoms with Crippen LogP contribution in [0, 0.1) is 6.92 Å². The van der Waals surface area contributed by atoms with E-state index in [-0.39, 0.29) is 5.91 Å². The van der Waals surface area contributed by atoms with Crippen LogP contribution < -0.4 is 4.74 Å². The van der Waals surface area contributed by atoms with Gasteiger partial charge in [0, 0.05) is 31.0 Å². The molecular weight excluding hydrogens is 384 g/mol. The third-order valence-electron chi connectivity index (χ3n) is 5.48. The summed E-state index contributed by atoms with van der Waals surface area (Å²) >= 11 is 0. The molecule has 0 N–H and O–H groups in total. The van der Waals surface area contributed by atoms with Gasteiger partial charge in [-0.05, 0) is 48.4 Å². The second-order valence-corrected chi connectivity index (χ2v) is 7.51. The minimum Gasteiger partial charge on any atom is -0.496 e. The zero-order valence-corrected chi connectivity index (χ0v) is 17.9. The first kappa shape index (κ1) is 20.5. The van der Waals surface area contributed by atoms with Crippen LogP contribution in [-0.4, -0.2) is 22.5 Å². The molecule has 0 aliphatic carbocycles. The average molecular weight is 411 g/mol. The number of aromatic nitrogens is 1. The highest BCUT2D eigenvalue weighted by Gasteiger charge is 2.21. The van der Waals surface area contributed by atoms with Gasteiger partial charge in [0.1, 0.15) is 5.75 Å². The molecule has 1 aromatic heterocycles. The van der Waals surface area contributed by atoms with Crippen molar-refractivity contribution in [2.45, 2.75) is 20.0 Å². The van der Waals surface area contributed by atoms with Crippen molar-refractivity contribution >= 4 is 5.91 Å². The number of amides is 1. The van der Waals surface area contributed by atoms with Gasteiger partial charge in [-0.3, -0.25) is 4.79 Å². The Balaban J connectivity index is 1.74. The summed E-state index contributed by atoms with van der Waals surface area (Å²) < 4.78 is 7.52. The minimum atomic E-state index is -0.0153. The average Bonchev–Trinajstić information content (AvgIpc) is 3.35. The zero-order valence-electron chi connectivity index (χ0n) is 17.9. The summed E-state index contributed by atoms with van der Waals surface area (Å²) in [5.41, 5.74) is 4.81. The van der Waals surface area contributed by atoms with Crippen molar-refractivity contribution in [2.75, 3.05) is 7.11 Å². The van der Waals surface area contributed by atoms with Gasteiger partial charge in [-0.1, -0.05) is 54.6 Å². The molecule has 1 heterocycles. The summed E-state index contributed by atoms with van der Waals surface area (Å²) in [6.45, 7) is 3.05. The van der Waals surface area contributed by atoms with Gasteiger partial charge in [0.15, 0.2) is 0 Å². The number of carbonyl (C=O) groups excluding carboxylic acids is 1. The van der Waals surface area contributed by atoms with Crippen LogP contribution in [0.1, 0.15) is 27.0 Å². The van der Waals surface area contributed by atoms with Crippen molar-refractivity contribution in [1.82, 2.24) is 9.47 Å². The fourth-order valence-electron chi connectivity index (χ4n) is 3.78. The summed E-state index contributed by atoms with van der Waals surface area (Å²) in [4.78, 5) is 15.7. The maximum absolute atomic E-state index is 13.9. The molecule has 0 saturated heterocycles. The number of rotatable bonds is 7. The number of methoxy groups -OCH3 is 1. The molecule has 0 atom stereocenters.